The fourth-order valence-corrected chi connectivity index (χ4v) is 1.13. The molecule has 0 amide bonds. The van der Waals surface area contributed by atoms with E-state index in [9.17, 15) is 22.4 Å². The van der Waals surface area contributed by atoms with E-state index < -0.39 is 23.3 Å². The first kappa shape index (κ1) is 12.0. The normalized spacial score (nSPS) is 11.6. The van der Waals surface area contributed by atoms with Crippen molar-refractivity contribution in [3.05, 3.63) is 34.1 Å². The summed E-state index contributed by atoms with van der Waals surface area (Å²) < 4.78 is 48.9. The Morgan fingerprint density at radius 2 is 1.87 bits per heavy atom. The Bertz CT molecular complexity index is 388. The van der Waals surface area contributed by atoms with Gasteiger partial charge in [-0.25, -0.2) is 4.39 Å². The highest BCUT2D eigenvalue weighted by atomic mass is 35.5. The number of rotatable bonds is 1. The number of alkyl halides is 3. The van der Waals surface area contributed by atoms with Crippen molar-refractivity contribution in [3.63, 3.8) is 0 Å². The zero-order valence-corrected chi connectivity index (χ0v) is 8.21. The van der Waals surface area contributed by atoms with Gasteiger partial charge in [-0.15, -0.1) is 0 Å². The van der Waals surface area contributed by atoms with Crippen molar-refractivity contribution in [1.82, 2.24) is 0 Å². The molecule has 0 aliphatic carbocycles. The molecule has 0 aliphatic rings. The molecule has 0 atom stereocenters. The van der Waals surface area contributed by atoms with E-state index in [2.05, 4.69) is 0 Å². The summed E-state index contributed by atoms with van der Waals surface area (Å²) in [6.45, 7) is 1.32. The Labute approximate surface area is 87.7 Å². The molecule has 0 N–H and O–H groups in total. The molecule has 1 aromatic rings. The van der Waals surface area contributed by atoms with Gasteiger partial charge >= 0.3 is 6.18 Å². The standard InChI is InChI=1S/C9H5ClF4O/c1-4-2-5(3-6(11)7(4)10)8(15)9(12,13)14/h2-3H,1H3. The minimum Gasteiger partial charge on any atom is -0.284 e. The molecule has 0 saturated heterocycles. The summed E-state index contributed by atoms with van der Waals surface area (Å²) >= 11 is 5.40. The third kappa shape index (κ3) is 2.47. The molecule has 0 heterocycles. The number of carbonyl (C=O) groups is 1. The number of aryl methyl sites for hydroxylation is 1. The molecule has 0 unspecified atom stereocenters. The van der Waals surface area contributed by atoms with Crippen LogP contribution in [0.3, 0.4) is 0 Å². The number of benzene rings is 1. The van der Waals surface area contributed by atoms with Gasteiger partial charge in [0.05, 0.1) is 5.02 Å². The van der Waals surface area contributed by atoms with E-state index in [4.69, 9.17) is 11.6 Å². The number of hydrogen-bond donors (Lipinski definition) is 0. The van der Waals surface area contributed by atoms with Gasteiger partial charge in [0.15, 0.2) is 0 Å². The van der Waals surface area contributed by atoms with E-state index in [1.165, 1.54) is 6.92 Å². The Balaban J connectivity index is 3.24. The topological polar surface area (TPSA) is 17.1 Å². The highest BCUT2D eigenvalue weighted by molar-refractivity contribution is 6.31. The summed E-state index contributed by atoms with van der Waals surface area (Å²) in [5.41, 5.74) is -0.661. The minimum atomic E-state index is -5.01. The van der Waals surface area contributed by atoms with Crippen LogP contribution in [0.1, 0.15) is 15.9 Å². The Kier molecular flexibility index (Phi) is 3.04. The summed E-state index contributed by atoms with van der Waals surface area (Å²) in [6, 6.07) is 1.38. The van der Waals surface area contributed by atoms with Gasteiger partial charge in [0, 0.05) is 5.56 Å². The maximum atomic E-state index is 12.9. The van der Waals surface area contributed by atoms with Gasteiger partial charge in [0.2, 0.25) is 0 Å². The Hall–Kier alpha value is -1.10. The van der Waals surface area contributed by atoms with Crippen LogP contribution in [-0.4, -0.2) is 12.0 Å². The predicted octanol–water partition coefficient (Wildman–Crippen LogP) is 3.53. The summed E-state index contributed by atoms with van der Waals surface area (Å²) in [5.74, 6) is -3.12. The van der Waals surface area contributed by atoms with Gasteiger partial charge in [-0.3, -0.25) is 4.79 Å². The second-order valence-corrected chi connectivity index (χ2v) is 3.29. The third-order valence-corrected chi connectivity index (χ3v) is 2.21. The lowest BCUT2D eigenvalue weighted by atomic mass is 10.1. The van der Waals surface area contributed by atoms with Crippen LogP contribution in [0.15, 0.2) is 12.1 Å². The molecular weight excluding hydrogens is 236 g/mol. The average Bonchev–Trinajstić information content (AvgIpc) is 2.10. The lowest BCUT2D eigenvalue weighted by Crippen LogP contribution is -2.23. The molecule has 1 rings (SSSR count). The fourth-order valence-electron chi connectivity index (χ4n) is 1.02. The molecule has 1 aromatic carbocycles. The smallest absolute Gasteiger partial charge is 0.284 e. The number of carbonyl (C=O) groups excluding carboxylic acids is 1. The van der Waals surface area contributed by atoms with Gasteiger partial charge in [-0.05, 0) is 24.6 Å². The first-order valence-electron chi connectivity index (χ1n) is 3.80. The van der Waals surface area contributed by atoms with Gasteiger partial charge in [0.25, 0.3) is 5.78 Å². The van der Waals surface area contributed by atoms with E-state index in [0.717, 1.165) is 6.07 Å². The van der Waals surface area contributed by atoms with Crippen LogP contribution in [0, 0.1) is 12.7 Å². The second-order valence-electron chi connectivity index (χ2n) is 2.92. The monoisotopic (exact) mass is 240 g/mol. The zero-order valence-electron chi connectivity index (χ0n) is 7.45. The SMILES string of the molecule is Cc1cc(C(=O)C(F)(F)F)cc(F)c1Cl. The van der Waals surface area contributed by atoms with Crippen LogP contribution in [0.5, 0.6) is 0 Å². The highest BCUT2D eigenvalue weighted by Crippen LogP contribution is 2.26. The quantitative estimate of drug-likeness (QED) is 0.542. The van der Waals surface area contributed by atoms with Gasteiger partial charge in [-0.1, -0.05) is 11.6 Å². The molecule has 1 nitrogen and oxygen atoms in total. The molecule has 0 aromatic heterocycles. The van der Waals surface area contributed by atoms with E-state index in [0.29, 0.717) is 6.07 Å². The molecular formula is C9H5ClF4O. The number of hydrogen-bond acceptors (Lipinski definition) is 1. The van der Waals surface area contributed by atoms with Crippen molar-refractivity contribution < 1.29 is 22.4 Å². The molecule has 0 aliphatic heterocycles. The Morgan fingerprint density at radius 3 is 2.27 bits per heavy atom. The van der Waals surface area contributed by atoms with Crippen molar-refractivity contribution in [3.8, 4) is 0 Å². The molecule has 0 fully saturated rings. The van der Waals surface area contributed by atoms with Crippen molar-refractivity contribution in [2.75, 3.05) is 0 Å². The largest absolute Gasteiger partial charge is 0.454 e. The molecule has 0 saturated carbocycles. The summed E-state index contributed by atoms with van der Waals surface area (Å²) in [5, 5.41) is -0.284. The van der Waals surface area contributed by atoms with Crippen molar-refractivity contribution in [2.24, 2.45) is 0 Å². The maximum absolute atomic E-state index is 12.9. The minimum absolute atomic E-state index is 0.0873. The van der Waals surface area contributed by atoms with Crippen LogP contribution in [0.25, 0.3) is 0 Å². The highest BCUT2D eigenvalue weighted by Gasteiger charge is 2.39. The van der Waals surface area contributed by atoms with Crippen LogP contribution < -0.4 is 0 Å². The number of halogens is 5. The number of Topliss-reactive ketones (excluding diaryl/α,β-unsaturated/α-hetero) is 1. The molecule has 15 heavy (non-hydrogen) atoms. The van der Waals surface area contributed by atoms with Crippen LogP contribution in [0.2, 0.25) is 5.02 Å². The molecule has 6 heteroatoms. The van der Waals surface area contributed by atoms with Crippen molar-refractivity contribution in [2.45, 2.75) is 13.1 Å². The molecule has 0 radical (unpaired) electrons. The Morgan fingerprint density at radius 1 is 1.33 bits per heavy atom. The van der Waals surface area contributed by atoms with E-state index in [1.807, 2.05) is 0 Å². The van der Waals surface area contributed by atoms with Gasteiger partial charge in [0.1, 0.15) is 5.82 Å². The molecule has 0 spiro atoms. The average molecular weight is 241 g/mol. The van der Waals surface area contributed by atoms with Gasteiger partial charge < -0.3 is 0 Å². The van der Waals surface area contributed by atoms with Gasteiger partial charge in [-0.2, -0.15) is 13.2 Å². The van der Waals surface area contributed by atoms with Crippen LogP contribution in [-0.2, 0) is 0 Å². The predicted molar refractivity (Wildman–Crippen MR) is 46.5 cm³/mol. The van der Waals surface area contributed by atoms with Crippen LogP contribution in [0.4, 0.5) is 17.6 Å². The summed E-state index contributed by atoms with van der Waals surface area (Å²) in [4.78, 5) is 10.7. The fraction of sp³-hybridized carbons (Fsp3) is 0.222. The van der Waals surface area contributed by atoms with Crippen molar-refractivity contribution in [1.29, 1.82) is 0 Å². The second kappa shape index (κ2) is 3.81. The lowest BCUT2D eigenvalue weighted by Gasteiger charge is -2.07. The third-order valence-electron chi connectivity index (χ3n) is 1.73. The van der Waals surface area contributed by atoms with E-state index in [-0.39, 0.29) is 10.6 Å². The number of ketones is 1. The van der Waals surface area contributed by atoms with Crippen LogP contribution >= 0.6 is 11.6 Å². The first-order valence-corrected chi connectivity index (χ1v) is 4.18. The van der Waals surface area contributed by atoms with E-state index in [1.54, 1.807) is 0 Å². The lowest BCUT2D eigenvalue weighted by molar-refractivity contribution is -0.0885. The maximum Gasteiger partial charge on any atom is 0.454 e. The molecule has 0 bridgehead atoms. The molecule has 82 valence electrons. The summed E-state index contributed by atoms with van der Waals surface area (Å²) in [7, 11) is 0. The summed E-state index contributed by atoms with van der Waals surface area (Å²) in [6.07, 6.45) is -5.01. The van der Waals surface area contributed by atoms with E-state index >= 15 is 0 Å². The first-order chi connectivity index (χ1) is 6.73. The van der Waals surface area contributed by atoms with Crippen molar-refractivity contribution >= 4 is 17.4 Å². The zero-order chi connectivity index (χ0) is 11.8.